The topological polar surface area (TPSA) is 25.8 Å². The zero-order valence-electron chi connectivity index (χ0n) is 23.2. The Hall–Kier alpha value is -5.34. The number of rotatable bonds is 4. The highest BCUT2D eigenvalue weighted by molar-refractivity contribution is 6.14. The van der Waals surface area contributed by atoms with Crippen molar-refractivity contribution in [3.05, 3.63) is 151 Å². The summed E-state index contributed by atoms with van der Waals surface area (Å²) in [6.07, 6.45) is 14.3. The zero-order chi connectivity index (χ0) is 27.9. The normalized spacial score (nSPS) is 12.5. The Morgan fingerprint density at radius 3 is 1.88 bits per heavy atom. The van der Waals surface area contributed by atoms with Crippen molar-refractivity contribution in [2.45, 2.75) is 12.8 Å². The number of aromatic nitrogens is 2. The molecule has 7 aromatic rings. The molecule has 0 bridgehead atoms. The van der Waals surface area contributed by atoms with Gasteiger partial charge in [-0.1, -0.05) is 72.8 Å². The van der Waals surface area contributed by atoms with Crippen LogP contribution in [-0.4, -0.2) is 9.97 Å². The number of aryl methyl sites for hydroxylation is 1. The molecule has 8 rings (SSSR count). The molecule has 0 radical (unpaired) electrons. The fraction of sp³-hybridized carbons (Fsp3) is 0.0500. The summed E-state index contributed by atoms with van der Waals surface area (Å²) in [7, 11) is 0. The summed E-state index contributed by atoms with van der Waals surface area (Å²) in [5.41, 5.74) is 12.3. The number of allylic oxidation sites excluding steroid dienone is 1. The largest absolute Gasteiger partial charge is 0.265 e. The van der Waals surface area contributed by atoms with Crippen molar-refractivity contribution in [3.63, 3.8) is 0 Å². The van der Waals surface area contributed by atoms with E-state index >= 15 is 0 Å². The average Bonchev–Trinajstić information content (AvgIpc) is 3.09. The maximum absolute atomic E-state index is 4.40. The maximum atomic E-state index is 4.40. The fourth-order valence-electron chi connectivity index (χ4n) is 6.42. The van der Waals surface area contributed by atoms with Crippen LogP contribution in [0.4, 0.5) is 0 Å². The van der Waals surface area contributed by atoms with Crippen molar-refractivity contribution in [1.82, 2.24) is 9.97 Å². The van der Waals surface area contributed by atoms with Gasteiger partial charge < -0.3 is 0 Å². The lowest BCUT2D eigenvalue weighted by Crippen LogP contribution is -1.98. The van der Waals surface area contributed by atoms with E-state index in [-0.39, 0.29) is 0 Å². The van der Waals surface area contributed by atoms with E-state index in [0.29, 0.717) is 0 Å². The first kappa shape index (κ1) is 24.5. The molecule has 5 aromatic carbocycles. The Bertz CT molecular complexity index is 2050. The van der Waals surface area contributed by atoms with Crippen LogP contribution in [0.5, 0.6) is 0 Å². The number of hydrogen-bond donors (Lipinski definition) is 0. The molecule has 2 nitrogen and oxygen atoms in total. The highest BCUT2D eigenvalue weighted by Crippen LogP contribution is 2.41. The smallest absolute Gasteiger partial charge is 0.0346 e. The van der Waals surface area contributed by atoms with Gasteiger partial charge in [0.2, 0.25) is 0 Å². The molecule has 0 N–H and O–H groups in total. The Morgan fingerprint density at radius 1 is 0.429 bits per heavy atom. The van der Waals surface area contributed by atoms with Crippen molar-refractivity contribution >= 4 is 27.6 Å². The van der Waals surface area contributed by atoms with Crippen molar-refractivity contribution < 1.29 is 0 Å². The third-order valence-corrected chi connectivity index (χ3v) is 8.50. The molecule has 0 saturated heterocycles. The van der Waals surface area contributed by atoms with Gasteiger partial charge in [-0.2, -0.15) is 0 Å². The third kappa shape index (κ3) is 4.29. The predicted molar refractivity (Wildman–Crippen MR) is 176 cm³/mol. The molecule has 2 heteroatoms. The fourth-order valence-corrected chi connectivity index (χ4v) is 6.42. The number of pyridine rings is 2. The molecule has 0 spiro atoms. The minimum Gasteiger partial charge on any atom is -0.265 e. The van der Waals surface area contributed by atoms with Gasteiger partial charge in [-0.05, 0) is 133 Å². The van der Waals surface area contributed by atoms with Gasteiger partial charge >= 0.3 is 0 Å². The first-order chi connectivity index (χ1) is 20.8. The van der Waals surface area contributed by atoms with Crippen LogP contribution in [0.2, 0.25) is 0 Å². The summed E-state index contributed by atoms with van der Waals surface area (Å²) in [5, 5.41) is 5.30. The predicted octanol–water partition coefficient (Wildman–Crippen LogP) is 10.4. The monoisotopic (exact) mass is 536 g/mol. The molecule has 0 unspecified atom stereocenters. The summed E-state index contributed by atoms with van der Waals surface area (Å²) in [4.78, 5) is 8.64. The highest BCUT2D eigenvalue weighted by Gasteiger charge is 2.17. The SMILES string of the molecule is C1=Cc2c(c3ccc(-c4cc(-c5ccncc5)cc(-c5cccnc5)c4)cc3c3ccc(-c4ccccc4)cc23)CC1. The van der Waals surface area contributed by atoms with Crippen molar-refractivity contribution in [2.75, 3.05) is 0 Å². The van der Waals surface area contributed by atoms with E-state index in [4.69, 9.17) is 0 Å². The van der Waals surface area contributed by atoms with E-state index in [1.807, 2.05) is 30.9 Å². The van der Waals surface area contributed by atoms with Gasteiger partial charge in [-0.15, -0.1) is 0 Å². The second-order valence-electron chi connectivity index (χ2n) is 11.0. The van der Waals surface area contributed by atoms with Crippen LogP contribution in [0.3, 0.4) is 0 Å². The molecular formula is C40H28N2. The maximum Gasteiger partial charge on any atom is 0.0346 e. The van der Waals surface area contributed by atoms with Crippen LogP contribution in [-0.2, 0) is 6.42 Å². The quantitative estimate of drug-likeness (QED) is 0.209. The Morgan fingerprint density at radius 2 is 1.10 bits per heavy atom. The molecule has 1 aliphatic rings. The van der Waals surface area contributed by atoms with Gasteiger partial charge in [-0.25, -0.2) is 0 Å². The van der Waals surface area contributed by atoms with Gasteiger partial charge in [0, 0.05) is 30.4 Å². The first-order valence-corrected chi connectivity index (χ1v) is 14.5. The Kier molecular flexibility index (Phi) is 5.97. The van der Waals surface area contributed by atoms with E-state index < -0.39 is 0 Å². The molecule has 0 saturated carbocycles. The number of hydrogen-bond acceptors (Lipinski definition) is 2. The third-order valence-electron chi connectivity index (χ3n) is 8.50. The Balaban J connectivity index is 1.36. The molecule has 2 aromatic heterocycles. The van der Waals surface area contributed by atoms with Crippen LogP contribution >= 0.6 is 0 Å². The summed E-state index contributed by atoms with van der Waals surface area (Å²) < 4.78 is 0. The van der Waals surface area contributed by atoms with Gasteiger partial charge in [0.15, 0.2) is 0 Å². The summed E-state index contributed by atoms with van der Waals surface area (Å²) in [6.45, 7) is 0. The number of fused-ring (bicyclic) bond motifs is 6. The molecule has 0 fully saturated rings. The Labute approximate surface area is 245 Å². The van der Waals surface area contributed by atoms with Crippen LogP contribution < -0.4 is 0 Å². The van der Waals surface area contributed by atoms with Crippen molar-refractivity contribution in [2.24, 2.45) is 0 Å². The van der Waals surface area contributed by atoms with Gasteiger partial charge in [0.25, 0.3) is 0 Å². The van der Waals surface area contributed by atoms with Crippen molar-refractivity contribution in [3.8, 4) is 44.5 Å². The zero-order valence-corrected chi connectivity index (χ0v) is 23.2. The van der Waals surface area contributed by atoms with Crippen LogP contribution in [0, 0.1) is 0 Å². The molecule has 42 heavy (non-hydrogen) atoms. The van der Waals surface area contributed by atoms with E-state index in [1.54, 1.807) is 0 Å². The molecule has 2 heterocycles. The van der Waals surface area contributed by atoms with E-state index in [1.165, 1.54) is 60.5 Å². The first-order valence-electron chi connectivity index (χ1n) is 14.5. The summed E-state index contributed by atoms with van der Waals surface area (Å²) in [6, 6.07) is 39.8. The van der Waals surface area contributed by atoms with Crippen molar-refractivity contribution in [1.29, 1.82) is 0 Å². The van der Waals surface area contributed by atoms with Crippen LogP contribution in [0.1, 0.15) is 17.5 Å². The van der Waals surface area contributed by atoms with Gasteiger partial charge in [0.05, 0.1) is 0 Å². The molecule has 0 aliphatic heterocycles. The van der Waals surface area contributed by atoms with Crippen LogP contribution in [0.25, 0.3) is 72.1 Å². The van der Waals surface area contributed by atoms with Gasteiger partial charge in [-0.3, -0.25) is 9.97 Å². The van der Waals surface area contributed by atoms with Crippen LogP contribution in [0.15, 0.2) is 140 Å². The summed E-state index contributed by atoms with van der Waals surface area (Å²) in [5.74, 6) is 0. The lowest BCUT2D eigenvalue weighted by Gasteiger charge is -2.20. The molecular weight excluding hydrogens is 508 g/mol. The lowest BCUT2D eigenvalue weighted by molar-refractivity contribution is 1.00. The second kappa shape index (κ2) is 10.2. The average molecular weight is 537 g/mol. The lowest BCUT2D eigenvalue weighted by atomic mass is 9.84. The van der Waals surface area contributed by atoms with E-state index in [2.05, 4.69) is 125 Å². The molecule has 198 valence electrons. The minimum atomic E-state index is 1.07. The summed E-state index contributed by atoms with van der Waals surface area (Å²) >= 11 is 0. The standard InChI is InChI=1S/C40H28N2/c1-2-7-27(8-3-1)29-12-15-38-39(24-29)36-11-5-4-10-35(36)37-14-13-30(25-40(37)38)33-21-32(28-16-19-41-20-17-28)22-34(23-33)31-9-6-18-42-26-31/h1-3,5-9,11-26H,4,10H2. The molecule has 0 atom stereocenters. The van der Waals surface area contributed by atoms with Gasteiger partial charge in [0.1, 0.15) is 0 Å². The number of benzene rings is 5. The van der Waals surface area contributed by atoms with E-state index in [9.17, 15) is 0 Å². The molecule has 1 aliphatic carbocycles. The minimum absolute atomic E-state index is 1.07. The molecule has 0 amide bonds. The highest BCUT2D eigenvalue weighted by atomic mass is 14.6. The van der Waals surface area contributed by atoms with E-state index in [0.717, 1.165) is 29.5 Å². The number of nitrogens with zero attached hydrogens (tertiary/aromatic N) is 2. The second-order valence-corrected chi connectivity index (χ2v) is 11.0.